The highest BCUT2D eigenvalue weighted by Crippen LogP contribution is 2.36. The zero-order valence-electron chi connectivity index (χ0n) is 9.89. The molecule has 0 aliphatic rings. The summed E-state index contributed by atoms with van der Waals surface area (Å²) in [7, 11) is 2.88. The standard InChI is InChI=1S/C12H16F3N/c1-8-5-6-10(7-9(8)2)11(16(3)4)12(13,14)15/h5-7,11H,1-4H3. The Kier molecular flexibility index (Phi) is 3.63. The first-order chi connectivity index (χ1) is 7.23. The normalized spacial score (nSPS) is 14.2. The quantitative estimate of drug-likeness (QED) is 0.753. The lowest BCUT2D eigenvalue weighted by Crippen LogP contribution is -2.33. The minimum atomic E-state index is -4.24. The van der Waals surface area contributed by atoms with Gasteiger partial charge in [-0.2, -0.15) is 13.2 Å². The molecule has 0 saturated heterocycles. The lowest BCUT2D eigenvalue weighted by atomic mass is 10.00. The van der Waals surface area contributed by atoms with Crippen LogP contribution in [-0.2, 0) is 0 Å². The van der Waals surface area contributed by atoms with Gasteiger partial charge in [0.2, 0.25) is 0 Å². The molecule has 0 aliphatic carbocycles. The second-order valence-electron chi connectivity index (χ2n) is 4.25. The molecule has 0 aromatic heterocycles. The Morgan fingerprint density at radius 2 is 1.62 bits per heavy atom. The van der Waals surface area contributed by atoms with Crippen molar-refractivity contribution < 1.29 is 13.2 Å². The van der Waals surface area contributed by atoms with Crippen LogP contribution in [0.5, 0.6) is 0 Å². The maximum absolute atomic E-state index is 12.8. The van der Waals surface area contributed by atoms with Crippen LogP contribution in [0.2, 0.25) is 0 Å². The van der Waals surface area contributed by atoms with E-state index in [-0.39, 0.29) is 0 Å². The molecule has 1 rings (SSSR count). The largest absolute Gasteiger partial charge is 0.408 e. The van der Waals surface area contributed by atoms with Gasteiger partial charge in [-0.25, -0.2) is 0 Å². The summed E-state index contributed by atoms with van der Waals surface area (Å²) in [5.74, 6) is 0. The molecule has 0 amide bonds. The lowest BCUT2D eigenvalue weighted by Gasteiger charge is -2.27. The van der Waals surface area contributed by atoms with Gasteiger partial charge in [0.15, 0.2) is 0 Å². The van der Waals surface area contributed by atoms with Crippen molar-refractivity contribution >= 4 is 0 Å². The number of hydrogen-bond acceptors (Lipinski definition) is 1. The summed E-state index contributed by atoms with van der Waals surface area (Å²) < 4.78 is 38.5. The summed E-state index contributed by atoms with van der Waals surface area (Å²) >= 11 is 0. The summed E-state index contributed by atoms with van der Waals surface area (Å²) in [4.78, 5) is 1.18. The number of halogens is 3. The van der Waals surface area contributed by atoms with Gasteiger partial charge in [0.05, 0.1) is 0 Å². The molecule has 90 valence electrons. The summed E-state index contributed by atoms with van der Waals surface area (Å²) in [6.07, 6.45) is -4.24. The van der Waals surface area contributed by atoms with E-state index in [1.165, 1.54) is 19.0 Å². The van der Waals surface area contributed by atoms with Crippen LogP contribution < -0.4 is 0 Å². The Morgan fingerprint density at radius 1 is 1.06 bits per heavy atom. The SMILES string of the molecule is Cc1ccc(C(N(C)C)C(F)(F)F)cc1C. The minimum absolute atomic E-state index is 0.292. The van der Waals surface area contributed by atoms with E-state index < -0.39 is 12.2 Å². The van der Waals surface area contributed by atoms with Crippen molar-refractivity contribution in [3.05, 3.63) is 34.9 Å². The third kappa shape index (κ3) is 2.76. The van der Waals surface area contributed by atoms with E-state index in [0.29, 0.717) is 5.56 Å². The van der Waals surface area contributed by atoms with Crippen LogP contribution in [0.25, 0.3) is 0 Å². The summed E-state index contributed by atoms with van der Waals surface area (Å²) in [5, 5.41) is 0. The maximum Gasteiger partial charge on any atom is 0.408 e. The zero-order chi connectivity index (χ0) is 12.5. The van der Waals surface area contributed by atoms with E-state index in [9.17, 15) is 13.2 Å². The molecule has 16 heavy (non-hydrogen) atoms. The van der Waals surface area contributed by atoms with Crippen LogP contribution in [0, 0.1) is 13.8 Å². The molecular formula is C12H16F3N. The monoisotopic (exact) mass is 231 g/mol. The lowest BCUT2D eigenvalue weighted by molar-refractivity contribution is -0.179. The molecular weight excluding hydrogens is 215 g/mol. The molecule has 0 saturated carbocycles. The van der Waals surface area contributed by atoms with Gasteiger partial charge in [-0.15, -0.1) is 0 Å². The predicted molar refractivity (Wildman–Crippen MR) is 58.4 cm³/mol. The fourth-order valence-electron chi connectivity index (χ4n) is 1.71. The molecule has 0 N–H and O–H groups in total. The van der Waals surface area contributed by atoms with E-state index in [1.54, 1.807) is 18.2 Å². The Labute approximate surface area is 93.9 Å². The number of aryl methyl sites for hydroxylation is 2. The number of benzene rings is 1. The van der Waals surface area contributed by atoms with Crippen LogP contribution in [0.3, 0.4) is 0 Å². The van der Waals surface area contributed by atoms with Crippen molar-refractivity contribution in [3.8, 4) is 0 Å². The fourth-order valence-corrected chi connectivity index (χ4v) is 1.71. The Bertz CT molecular complexity index is 369. The van der Waals surface area contributed by atoms with Crippen molar-refractivity contribution in [2.45, 2.75) is 26.1 Å². The average molecular weight is 231 g/mol. The van der Waals surface area contributed by atoms with Crippen LogP contribution in [-0.4, -0.2) is 25.2 Å². The average Bonchev–Trinajstić information content (AvgIpc) is 2.08. The third-order valence-corrected chi connectivity index (χ3v) is 2.67. The first-order valence-electron chi connectivity index (χ1n) is 5.03. The number of hydrogen-bond donors (Lipinski definition) is 0. The Hall–Kier alpha value is -1.03. The van der Waals surface area contributed by atoms with Crippen LogP contribution in [0.4, 0.5) is 13.2 Å². The second kappa shape index (κ2) is 4.45. The molecule has 1 atom stereocenters. The second-order valence-corrected chi connectivity index (χ2v) is 4.25. The van der Waals surface area contributed by atoms with Crippen molar-refractivity contribution in [3.63, 3.8) is 0 Å². The van der Waals surface area contributed by atoms with E-state index in [1.807, 2.05) is 13.8 Å². The van der Waals surface area contributed by atoms with Crippen molar-refractivity contribution in [2.24, 2.45) is 0 Å². The van der Waals surface area contributed by atoms with Gasteiger partial charge in [-0.3, -0.25) is 4.90 Å². The molecule has 0 spiro atoms. The summed E-state index contributed by atoms with van der Waals surface area (Å²) in [5.41, 5.74) is 2.18. The molecule has 1 aromatic carbocycles. The van der Waals surface area contributed by atoms with Gasteiger partial charge >= 0.3 is 6.18 Å². The molecule has 0 fully saturated rings. The molecule has 4 heteroatoms. The molecule has 0 heterocycles. The predicted octanol–water partition coefficient (Wildman–Crippen LogP) is 3.47. The number of rotatable bonds is 2. The molecule has 1 nitrogen and oxygen atoms in total. The maximum atomic E-state index is 12.8. The van der Waals surface area contributed by atoms with Gasteiger partial charge < -0.3 is 0 Å². The number of alkyl halides is 3. The van der Waals surface area contributed by atoms with Gasteiger partial charge in [-0.1, -0.05) is 18.2 Å². The smallest absolute Gasteiger partial charge is 0.295 e. The molecule has 0 radical (unpaired) electrons. The zero-order valence-corrected chi connectivity index (χ0v) is 9.89. The molecule has 1 aromatic rings. The first kappa shape index (κ1) is 13.0. The third-order valence-electron chi connectivity index (χ3n) is 2.67. The van der Waals surface area contributed by atoms with E-state index in [0.717, 1.165) is 11.1 Å². The van der Waals surface area contributed by atoms with Crippen LogP contribution >= 0.6 is 0 Å². The highest BCUT2D eigenvalue weighted by Gasteiger charge is 2.42. The van der Waals surface area contributed by atoms with Crippen molar-refractivity contribution in [2.75, 3.05) is 14.1 Å². The van der Waals surface area contributed by atoms with Crippen molar-refractivity contribution in [1.29, 1.82) is 0 Å². The van der Waals surface area contributed by atoms with Gasteiger partial charge in [0.25, 0.3) is 0 Å². The minimum Gasteiger partial charge on any atom is -0.295 e. The topological polar surface area (TPSA) is 3.24 Å². The molecule has 0 bridgehead atoms. The van der Waals surface area contributed by atoms with E-state index in [2.05, 4.69) is 0 Å². The summed E-state index contributed by atoms with van der Waals surface area (Å²) in [6, 6.07) is 3.34. The molecule has 0 aliphatic heterocycles. The van der Waals surface area contributed by atoms with E-state index in [4.69, 9.17) is 0 Å². The highest BCUT2D eigenvalue weighted by molar-refractivity contribution is 5.32. The highest BCUT2D eigenvalue weighted by atomic mass is 19.4. The van der Waals surface area contributed by atoms with Gasteiger partial charge in [0.1, 0.15) is 6.04 Å². The number of nitrogens with zero attached hydrogens (tertiary/aromatic N) is 1. The Morgan fingerprint density at radius 3 is 2.00 bits per heavy atom. The van der Waals surface area contributed by atoms with Crippen LogP contribution in [0.1, 0.15) is 22.7 Å². The summed E-state index contributed by atoms with van der Waals surface area (Å²) in [6.45, 7) is 3.71. The van der Waals surface area contributed by atoms with Crippen molar-refractivity contribution in [1.82, 2.24) is 4.90 Å². The van der Waals surface area contributed by atoms with E-state index >= 15 is 0 Å². The van der Waals surface area contributed by atoms with Crippen LogP contribution in [0.15, 0.2) is 18.2 Å². The Balaban J connectivity index is 3.17. The fraction of sp³-hybridized carbons (Fsp3) is 0.500. The van der Waals surface area contributed by atoms with Gasteiger partial charge in [-0.05, 0) is 44.6 Å². The van der Waals surface area contributed by atoms with Gasteiger partial charge in [0, 0.05) is 0 Å². The molecule has 1 unspecified atom stereocenters. The first-order valence-corrected chi connectivity index (χ1v) is 5.03.